The van der Waals surface area contributed by atoms with E-state index in [1.54, 1.807) is 40.0 Å². The minimum Gasteiger partial charge on any atom is -0.493 e. The number of ether oxygens (including phenoxy) is 4. The minimum absolute atomic E-state index is 0.499. The van der Waals surface area contributed by atoms with Gasteiger partial charge in [0, 0.05) is 55.7 Å². The van der Waals surface area contributed by atoms with E-state index in [1.807, 2.05) is 48.8 Å². The van der Waals surface area contributed by atoms with Crippen LogP contribution in [0.25, 0.3) is 44.3 Å². The Morgan fingerprint density at radius 1 is 0.654 bits per heavy atom. The summed E-state index contributed by atoms with van der Waals surface area (Å²) in [7, 11) is 6.57. The van der Waals surface area contributed by atoms with Gasteiger partial charge in [0.05, 0.1) is 28.4 Å². The summed E-state index contributed by atoms with van der Waals surface area (Å²) in [5, 5.41) is 5.94. The Balaban J connectivity index is 0.000000164. The molecule has 13 heteroatoms. The van der Waals surface area contributed by atoms with Crippen LogP contribution in [0.15, 0.2) is 60.9 Å². The lowest BCUT2D eigenvalue weighted by Gasteiger charge is -2.31. The van der Waals surface area contributed by atoms with E-state index in [4.69, 9.17) is 28.9 Å². The van der Waals surface area contributed by atoms with Gasteiger partial charge in [-0.05, 0) is 103 Å². The molecule has 2 fully saturated rings. The van der Waals surface area contributed by atoms with Gasteiger partial charge in [-0.25, -0.2) is 0 Å². The zero-order valence-corrected chi connectivity index (χ0v) is 32.0. The maximum absolute atomic E-state index is 5.42. The summed E-state index contributed by atoms with van der Waals surface area (Å²) in [6, 6.07) is 16.5. The van der Waals surface area contributed by atoms with Crippen molar-refractivity contribution < 1.29 is 18.9 Å². The number of likely N-dealkylation sites (tertiary alicyclic amines) is 1. The number of nitrogens with one attached hydrogen (secondary N) is 1. The molecule has 0 atom stereocenters. The van der Waals surface area contributed by atoms with Crippen LogP contribution in [0.3, 0.4) is 0 Å². The number of hydrogen-bond donors (Lipinski definition) is 1. The van der Waals surface area contributed by atoms with Gasteiger partial charge in [-0.2, -0.15) is 8.75 Å². The molecule has 0 aliphatic carbocycles. The van der Waals surface area contributed by atoms with Gasteiger partial charge in [0.2, 0.25) is 0 Å². The van der Waals surface area contributed by atoms with Crippen molar-refractivity contribution in [3.8, 4) is 45.3 Å². The average molecular weight is 740 g/mol. The smallest absolute Gasteiger partial charge is 0.161 e. The standard InChI is InChI=1S/C21H26N4O2S.C18H19N3O2S/c1-4-25-9-7-16(8-10-25)23-21-20-17(24-28-21)11-15(13-22-20)14-5-6-18(26-2)19(12-14)27-3;1-22-15-6-5-12(10-16(15)23-2)13-9-14-17(19-11-13)18(24-20-14)21-7-3-4-8-21/h5-6,11-13,16,23H,4,7-10H2,1-3H3;5-6,9-11H,3-4,7-8H2,1-2H3. The fourth-order valence-corrected chi connectivity index (χ4v) is 8.47. The van der Waals surface area contributed by atoms with Crippen LogP contribution in [0.4, 0.5) is 10.0 Å². The van der Waals surface area contributed by atoms with Crippen LogP contribution in [-0.4, -0.2) is 90.8 Å². The van der Waals surface area contributed by atoms with Gasteiger partial charge in [-0.15, -0.1) is 0 Å². The number of hydrogen-bond acceptors (Lipinski definition) is 13. The third-order valence-corrected chi connectivity index (χ3v) is 11.5. The number of nitrogens with zero attached hydrogens (tertiary/aromatic N) is 6. The Hall–Kier alpha value is -4.72. The van der Waals surface area contributed by atoms with Crippen LogP contribution >= 0.6 is 23.1 Å². The predicted octanol–water partition coefficient (Wildman–Crippen LogP) is 8.25. The molecule has 2 aliphatic rings. The van der Waals surface area contributed by atoms with E-state index in [0.717, 1.165) is 106 Å². The molecule has 272 valence electrons. The topological polar surface area (TPSA) is 107 Å². The summed E-state index contributed by atoms with van der Waals surface area (Å²) in [5.41, 5.74) is 7.95. The SMILES string of the molecule is CCN1CCC(Nc2snc3cc(-c4ccc(OC)c(OC)c4)cnc23)CC1.COc1ccc(-c2cnc3c(N4CCCC4)snc3c2)cc1OC. The van der Waals surface area contributed by atoms with E-state index in [9.17, 15) is 0 Å². The van der Waals surface area contributed by atoms with Gasteiger partial charge in [0.1, 0.15) is 32.1 Å². The molecule has 0 amide bonds. The maximum atomic E-state index is 5.42. The van der Waals surface area contributed by atoms with Crippen molar-refractivity contribution in [3.63, 3.8) is 0 Å². The second-order valence-corrected chi connectivity index (χ2v) is 14.4. The quantitative estimate of drug-likeness (QED) is 0.147. The first-order valence-electron chi connectivity index (χ1n) is 17.7. The number of benzene rings is 2. The van der Waals surface area contributed by atoms with Gasteiger partial charge >= 0.3 is 0 Å². The summed E-state index contributed by atoms with van der Waals surface area (Å²) < 4.78 is 30.7. The molecule has 52 heavy (non-hydrogen) atoms. The van der Waals surface area contributed by atoms with E-state index >= 15 is 0 Å². The summed E-state index contributed by atoms with van der Waals surface area (Å²) in [6.07, 6.45) is 8.65. The van der Waals surface area contributed by atoms with Gasteiger partial charge in [0.25, 0.3) is 0 Å². The van der Waals surface area contributed by atoms with Crippen molar-refractivity contribution in [1.82, 2.24) is 23.6 Å². The van der Waals surface area contributed by atoms with E-state index in [0.29, 0.717) is 17.5 Å². The molecule has 11 nitrogen and oxygen atoms in total. The molecule has 1 N–H and O–H groups in total. The Kier molecular flexibility index (Phi) is 11.2. The number of piperidine rings is 1. The molecule has 0 radical (unpaired) electrons. The third kappa shape index (κ3) is 7.57. The van der Waals surface area contributed by atoms with Crippen molar-refractivity contribution in [3.05, 3.63) is 60.9 Å². The van der Waals surface area contributed by atoms with Crippen LogP contribution < -0.4 is 29.2 Å². The van der Waals surface area contributed by atoms with Crippen molar-refractivity contribution in [1.29, 1.82) is 0 Å². The van der Waals surface area contributed by atoms with Crippen LogP contribution in [0.5, 0.6) is 23.0 Å². The Labute approximate surface area is 312 Å². The lowest BCUT2D eigenvalue weighted by molar-refractivity contribution is 0.230. The predicted molar refractivity (Wildman–Crippen MR) is 212 cm³/mol. The highest BCUT2D eigenvalue weighted by Crippen LogP contribution is 2.37. The minimum atomic E-state index is 0.499. The molecule has 0 unspecified atom stereocenters. The van der Waals surface area contributed by atoms with E-state index < -0.39 is 0 Å². The first-order chi connectivity index (χ1) is 25.5. The normalized spacial score (nSPS) is 15.1. The van der Waals surface area contributed by atoms with Gasteiger partial charge in [-0.1, -0.05) is 19.1 Å². The van der Waals surface area contributed by atoms with Crippen LogP contribution in [0.2, 0.25) is 0 Å². The fourth-order valence-electron chi connectivity index (χ4n) is 6.81. The van der Waals surface area contributed by atoms with Crippen molar-refractivity contribution in [2.45, 2.75) is 38.6 Å². The molecule has 0 bridgehead atoms. The molecule has 0 saturated carbocycles. The summed E-state index contributed by atoms with van der Waals surface area (Å²) in [5.74, 6) is 2.86. The van der Waals surface area contributed by atoms with Gasteiger partial charge in [0.15, 0.2) is 23.0 Å². The molecule has 2 saturated heterocycles. The number of aromatic nitrogens is 4. The highest BCUT2D eigenvalue weighted by atomic mass is 32.1. The summed E-state index contributed by atoms with van der Waals surface area (Å²) >= 11 is 3.05. The molecule has 6 heterocycles. The molecule has 0 spiro atoms. The molecule has 6 aromatic rings. The molecule has 2 aliphatic heterocycles. The van der Waals surface area contributed by atoms with Gasteiger partial charge < -0.3 is 34.1 Å². The number of anilines is 2. The highest BCUT2D eigenvalue weighted by Gasteiger charge is 2.21. The van der Waals surface area contributed by atoms with Crippen LogP contribution in [0.1, 0.15) is 32.6 Å². The summed E-state index contributed by atoms with van der Waals surface area (Å²) in [4.78, 5) is 14.3. The second kappa shape index (κ2) is 16.3. The van der Waals surface area contributed by atoms with Crippen LogP contribution in [0, 0.1) is 0 Å². The summed E-state index contributed by atoms with van der Waals surface area (Å²) in [6.45, 7) is 7.89. The second-order valence-electron chi connectivity index (χ2n) is 12.9. The number of fused-ring (bicyclic) bond motifs is 2. The number of rotatable bonds is 10. The molecule has 4 aromatic heterocycles. The number of methoxy groups -OCH3 is 4. The molecule has 8 rings (SSSR count). The first-order valence-corrected chi connectivity index (χ1v) is 19.3. The number of pyridine rings is 2. The molecular formula is C39H45N7O4S2. The third-order valence-electron chi connectivity index (χ3n) is 9.82. The largest absolute Gasteiger partial charge is 0.493 e. The Morgan fingerprint density at radius 2 is 1.19 bits per heavy atom. The highest BCUT2D eigenvalue weighted by molar-refractivity contribution is 7.12. The van der Waals surface area contributed by atoms with Crippen molar-refractivity contribution in [2.75, 3.05) is 71.4 Å². The van der Waals surface area contributed by atoms with Gasteiger partial charge in [-0.3, -0.25) is 9.97 Å². The van der Waals surface area contributed by atoms with E-state index in [2.05, 4.69) is 42.9 Å². The lowest BCUT2D eigenvalue weighted by Crippen LogP contribution is -2.38. The lowest BCUT2D eigenvalue weighted by atomic mass is 10.1. The first kappa shape index (κ1) is 35.7. The average Bonchev–Trinajstić information content (AvgIpc) is 3.98. The zero-order valence-electron chi connectivity index (χ0n) is 30.3. The zero-order chi connectivity index (χ0) is 36.0. The van der Waals surface area contributed by atoms with Crippen molar-refractivity contribution >= 4 is 55.1 Å². The Bertz CT molecular complexity index is 2120. The Morgan fingerprint density at radius 3 is 1.75 bits per heavy atom. The fraction of sp³-hybridized carbons (Fsp3) is 0.385. The van der Waals surface area contributed by atoms with E-state index in [1.165, 1.54) is 29.4 Å². The van der Waals surface area contributed by atoms with E-state index in [-0.39, 0.29) is 0 Å². The monoisotopic (exact) mass is 739 g/mol. The molecular weight excluding hydrogens is 695 g/mol. The van der Waals surface area contributed by atoms with Crippen molar-refractivity contribution in [2.24, 2.45) is 0 Å². The van der Waals surface area contributed by atoms with Crippen LogP contribution in [-0.2, 0) is 0 Å². The maximum Gasteiger partial charge on any atom is 0.161 e. The molecule has 2 aromatic carbocycles.